The largest absolute Gasteiger partial charge is 0.392 e. The molecule has 0 bridgehead atoms. The molecule has 0 radical (unpaired) electrons. The van der Waals surface area contributed by atoms with E-state index in [1.165, 1.54) is 0 Å². The van der Waals surface area contributed by atoms with Crippen LogP contribution in [-0.2, 0) is 4.79 Å². The van der Waals surface area contributed by atoms with Gasteiger partial charge in [-0.2, -0.15) is 0 Å². The molecule has 0 aromatic heterocycles. The molecule has 2 aliphatic carbocycles. The van der Waals surface area contributed by atoms with Gasteiger partial charge in [0, 0.05) is 12.3 Å². The Hall–Kier alpha value is -0.370. The van der Waals surface area contributed by atoms with Gasteiger partial charge in [-0.25, -0.2) is 0 Å². The molecule has 0 unspecified atom stereocenters. The Morgan fingerprint density at radius 2 is 2.09 bits per heavy atom. The van der Waals surface area contributed by atoms with E-state index in [1.807, 2.05) is 0 Å². The molecule has 2 aliphatic rings. The Morgan fingerprint density at radius 1 is 1.27 bits per heavy atom. The van der Waals surface area contributed by atoms with Crippen LogP contribution in [0.3, 0.4) is 0 Å². The summed E-state index contributed by atoms with van der Waals surface area (Å²) in [4.78, 5) is 11.3. The highest BCUT2D eigenvalue weighted by Crippen LogP contribution is 2.39. The number of hydrogen-bond donors (Lipinski definition) is 1. The predicted octanol–water partition coefficient (Wildman–Crippen LogP) is 1.13. The van der Waals surface area contributed by atoms with Crippen molar-refractivity contribution < 1.29 is 9.90 Å². The average molecular weight is 154 g/mol. The zero-order valence-electron chi connectivity index (χ0n) is 6.62. The summed E-state index contributed by atoms with van der Waals surface area (Å²) < 4.78 is 0. The maximum absolute atomic E-state index is 11.3. The Bertz CT molecular complexity index is 176. The molecule has 2 heteroatoms. The van der Waals surface area contributed by atoms with E-state index < -0.39 is 0 Å². The quantitative estimate of drug-likeness (QED) is 0.568. The molecule has 3 atom stereocenters. The number of hydrogen-bond acceptors (Lipinski definition) is 2. The number of carbonyl (C=O) groups is 1. The fourth-order valence-corrected chi connectivity index (χ4v) is 2.56. The fraction of sp³-hybridized carbons (Fsp3) is 0.889. The molecular weight excluding hydrogens is 140 g/mol. The minimum Gasteiger partial charge on any atom is -0.392 e. The van der Waals surface area contributed by atoms with E-state index >= 15 is 0 Å². The molecule has 2 rings (SSSR count). The third-order valence-electron chi connectivity index (χ3n) is 3.13. The number of fused-ring (bicyclic) bond motifs is 1. The first-order valence-electron chi connectivity index (χ1n) is 4.50. The molecule has 0 aliphatic heterocycles. The van der Waals surface area contributed by atoms with Crippen molar-refractivity contribution in [3.05, 3.63) is 0 Å². The summed E-state index contributed by atoms with van der Waals surface area (Å²) in [5.41, 5.74) is 0. The Labute approximate surface area is 66.6 Å². The first-order chi connectivity index (χ1) is 5.29. The van der Waals surface area contributed by atoms with Gasteiger partial charge in [-0.3, -0.25) is 4.79 Å². The standard InChI is InChI=1S/C9H14O2/c10-7-3-1-2-6-4-5-8(11)9(6)7/h6-7,9-10H,1-5H2/t6-,7+,9+/m0/s1. The maximum atomic E-state index is 11.3. The lowest BCUT2D eigenvalue weighted by Crippen LogP contribution is -2.32. The van der Waals surface area contributed by atoms with Crippen molar-refractivity contribution in [2.75, 3.05) is 0 Å². The number of aliphatic hydroxyl groups excluding tert-OH is 1. The third kappa shape index (κ3) is 1.09. The fourth-order valence-electron chi connectivity index (χ4n) is 2.56. The number of ketones is 1. The van der Waals surface area contributed by atoms with E-state index in [0.717, 1.165) is 25.7 Å². The van der Waals surface area contributed by atoms with E-state index in [9.17, 15) is 9.90 Å². The van der Waals surface area contributed by atoms with Crippen molar-refractivity contribution in [3.63, 3.8) is 0 Å². The first-order valence-corrected chi connectivity index (χ1v) is 4.50. The van der Waals surface area contributed by atoms with Gasteiger partial charge in [0.1, 0.15) is 5.78 Å². The van der Waals surface area contributed by atoms with Gasteiger partial charge in [0.15, 0.2) is 0 Å². The highest BCUT2D eigenvalue weighted by molar-refractivity contribution is 5.84. The highest BCUT2D eigenvalue weighted by Gasteiger charge is 2.41. The van der Waals surface area contributed by atoms with Crippen molar-refractivity contribution in [1.82, 2.24) is 0 Å². The van der Waals surface area contributed by atoms with Gasteiger partial charge in [0.25, 0.3) is 0 Å². The monoisotopic (exact) mass is 154 g/mol. The van der Waals surface area contributed by atoms with Gasteiger partial charge in [0.05, 0.1) is 6.10 Å². The Balaban J connectivity index is 2.14. The summed E-state index contributed by atoms with van der Waals surface area (Å²) in [5.74, 6) is 0.845. The SMILES string of the molecule is O=C1CC[C@@H]2CCC[C@@H](O)[C@H]12. The van der Waals surface area contributed by atoms with Crippen LogP contribution in [0.1, 0.15) is 32.1 Å². The van der Waals surface area contributed by atoms with Crippen molar-refractivity contribution in [2.45, 2.75) is 38.2 Å². The van der Waals surface area contributed by atoms with Crippen LogP contribution in [-0.4, -0.2) is 17.0 Å². The van der Waals surface area contributed by atoms with Gasteiger partial charge < -0.3 is 5.11 Å². The minimum absolute atomic E-state index is 0.0174. The number of Topliss-reactive ketones (excluding diaryl/α,β-unsaturated/α-hetero) is 1. The molecular formula is C9H14O2. The molecule has 0 amide bonds. The highest BCUT2D eigenvalue weighted by atomic mass is 16.3. The maximum Gasteiger partial charge on any atom is 0.138 e. The van der Waals surface area contributed by atoms with Crippen molar-refractivity contribution in [3.8, 4) is 0 Å². The lowest BCUT2D eigenvalue weighted by Gasteiger charge is -2.28. The smallest absolute Gasteiger partial charge is 0.138 e. The van der Waals surface area contributed by atoms with Crippen LogP contribution < -0.4 is 0 Å². The van der Waals surface area contributed by atoms with Crippen LogP contribution >= 0.6 is 0 Å². The molecule has 2 fully saturated rings. The number of carbonyl (C=O) groups excluding carboxylic acids is 1. The summed E-state index contributed by atoms with van der Waals surface area (Å²) >= 11 is 0. The summed E-state index contributed by atoms with van der Waals surface area (Å²) in [6, 6.07) is 0. The molecule has 2 saturated carbocycles. The number of rotatable bonds is 0. The minimum atomic E-state index is -0.316. The normalized spacial score (nSPS) is 44.1. The van der Waals surface area contributed by atoms with Crippen LogP contribution in [0.15, 0.2) is 0 Å². The lowest BCUT2D eigenvalue weighted by molar-refractivity contribution is -0.125. The first kappa shape index (κ1) is 7.29. The van der Waals surface area contributed by atoms with Gasteiger partial charge in [-0.1, -0.05) is 6.42 Å². The third-order valence-corrected chi connectivity index (χ3v) is 3.13. The van der Waals surface area contributed by atoms with Crippen LogP contribution in [0.4, 0.5) is 0 Å². The van der Waals surface area contributed by atoms with Crippen molar-refractivity contribution >= 4 is 5.78 Å². The molecule has 1 N–H and O–H groups in total. The molecule has 11 heavy (non-hydrogen) atoms. The van der Waals surface area contributed by atoms with Gasteiger partial charge in [0.2, 0.25) is 0 Å². The molecule has 2 nitrogen and oxygen atoms in total. The van der Waals surface area contributed by atoms with E-state index in [0.29, 0.717) is 18.1 Å². The van der Waals surface area contributed by atoms with Crippen LogP contribution in [0.2, 0.25) is 0 Å². The zero-order chi connectivity index (χ0) is 7.84. The average Bonchev–Trinajstić information content (AvgIpc) is 2.34. The second-order valence-corrected chi connectivity index (χ2v) is 3.79. The molecule has 0 saturated heterocycles. The summed E-state index contributed by atoms with van der Waals surface area (Å²) in [6.07, 6.45) is 4.53. The summed E-state index contributed by atoms with van der Waals surface area (Å²) in [7, 11) is 0. The predicted molar refractivity (Wildman–Crippen MR) is 41.1 cm³/mol. The molecule has 62 valence electrons. The molecule has 0 aromatic carbocycles. The van der Waals surface area contributed by atoms with E-state index in [4.69, 9.17) is 0 Å². The van der Waals surface area contributed by atoms with E-state index in [2.05, 4.69) is 0 Å². The zero-order valence-corrected chi connectivity index (χ0v) is 6.62. The molecule has 0 heterocycles. The second kappa shape index (κ2) is 2.59. The van der Waals surface area contributed by atoms with E-state index in [1.54, 1.807) is 0 Å². The van der Waals surface area contributed by atoms with Crippen LogP contribution in [0.5, 0.6) is 0 Å². The Morgan fingerprint density at radius 3 is 2.82 bits per heavy atom. The lowest BCUT2D eigenvalue weighted by atomic mass is 9.79. The molecule has 0 spiro atoms. The van der Waals surface area contributed by atoms with E-state index in [-0.39, 0.29) is 12.0 Å². The van der Waals surface area contributed by atoms with Gasteiger partial charge in [-0.05, 0) is 25.2 Å². The summed E-state index contributed by atoms with van der Waals surface area (Å²) in [6.45, 7) is 0. The summed E-state index contributed by atoms with van der Waals surface area (Å²) in [5, 5.41) is 9.53. The van der Waals surface area contributed by atoms with Gasteiger partial charge in [-0.15, -0.1) is 0 Å². The number of aliphatic hydroxyl groups is 1. The van der Waals surface area contributed by atoms with Crippen LogP contribution in [0.25, 0.3) is 0 Å². The van der Waals surface area contributed by atoms with Crippen molar-refractivity contribution in [2.24, 2.45) is 11.8 Å². The Kier molecular flexibility index (Phi) is 1.72. The second-order valence-electron chi connectivity index (χ2n) is 3.79. The topological polar surface area (TPSA) is 37.3 Å². The molecule has 0 aromatic rings. The van der Waals surface area contributed by atoms with Crippen LogP contribution in [0, 0.1) is 11.8 Å². The van der Waals surface area contributed by atoms with Crippen molar-refractivity contribution in [1.29, 1.82) is 0 Å². The van der Waals surface area contributed by atoms with Gasteiger partial charge >= 0.3 is 0 Å².